The molecular weight excluding hydrogens is 53.9 g/mol. The summed E-state index contributed by atoms with van der Waals surface area (Å²) in [7, 11) is 0. The molecule has 22 valence electrons. The average molecular weight is 60.0 g/mol. The molecule has 0 fully saturated rings. The van der Waals surface area contributed by atoms with Crippen LogP contribution in [0.25, 0.3) is 0 Å². The zero-order valence-corrected chi connectivity index (χ0v) is 1.65. The van der Waals surface area contributed by atoms with Gasteiger partial charge in [0.05, 0.1) is 0 Å². The van der Waals surface area contributed by atoms with Gasteiger partial charge in [-0.2, -0.15) is 0 Å². The summed E-state index contributed by atoms with van der Waals surface area (Å²) < 4.78 is 0. The predicted octanol–water partition coefficient (Wildman–Crippen LogP) is -1.87. The van der Waals surface area contributed by atoms with Crippen LogP contribution in [-0.2, 0) is 0 Å². The van der Waals surface area contributed by atoms with Gasteiger partial charge in [-0.05, 0) is 0 Å². The molecule has 0 aliphatic heterocycles. The Labute approximate surface area is 56.2 Å². The van der Waals surface area contributed by atoms with Gasteiger partial charge < -0.3 is 5.48 Å². The van der Waals surface area contributed by atoms with Crippen molar-refractivity contribution in [3.05, 3.63) is 0 Å². The standard InChI is InChI=1S/C2H2.2Li.H2O.2H/c1-2;;;;;/h1-2H;;;1H2;;. The SMILES string of the molecule is C#C.O.[LiH].[LiH]. The fourth-order valence-corrected chi connectivity index (χ4v) is 0. The van der Waals surface area contributed by atoms with E-state index in [-0.39, 0.29) is 43.2 Å². The summed E-state index contributed by atoms with van der Waals surface area (Å²) in [6, 6.07) is 0. The number of hydrogen-bond acceptors (Lipinski definition) is 0. The van der Waals surface area contributed by atoms with Gasteiger partial charge in [0.1, 0.15) is 0 Å². The minimum absolute atomic E-state index is 0. The van der Waals surface area contributed by atoms with Gasteiger partial charge in [0.2, 0.25) is 0 Å². The van der Waals surface area contributed by atoms with E-state index < -0.39 is 0 Å². The minimum atomic E-state index is 0. The molecule has 0 saturated carbocycles. The molecule has 0 amide bonds. The van der Waals surface area contributed by atoms with Crippen LogP contribution < -0.4 is 0 Å². The van der Waals surface area contributed by atoms with Crippen LogP contribution in [0.5, 0.6) is 0 Å². The molecule has 3 heteroatoms. The van der Waals surface area contributed by atoms with Gasteiger partial charge in [-0.25, -0.2) is 0 Å². The van der Waals surface area contributed by atoms with Gasteiger partial charge in [0, 0.05) is 0 Å². The van der Waals surface area contributed by atoms with Gasteiger partial charge in [0.25, 0.3) is 0 Å². The number of terminal acetylenes is 1. The van der Waals surface area contributed by atoms with Crippen molar-refractivity contribution in [2.75, 3.05) is 0 Å². The van der Waals surface area contributed by atoms with E-state index in [0.29, 0.717) is 0 Å². The first-order chi connectivity index (χ1) is 1.00. The second-order valence-corrected chi connectivity index (χ2v) is 0. The summed E-state index contributed by atoms with van der Waals surface area (Å²) in [5.41, 5.74) is 0. The molecule has 0 rings (SSSR count). The molecule has 2 N–H and O–H groups in total. The van der Waals surface area contributed by atoms with Crippen molar-refractivity contribution in [2.45, 2.75) is 0 Å². The molecule has 0 radical (unpaired) electrons. The van der Waals surface area contributed by atoms with Gasteiger partial charge in [-0.1, -0.05) is 0 Å². The van der Waals surface area contributed by atoms with Crippen LogP contribution >= 0.6 is 0 Å². The molecule has 0 aromatic heterocycles. The topological polar surface area (TPSA) is 31.5 Å². The molecule has 0 saturated heterocycles. The third-order valence-electron chi connectivity index (χ3n) is 0. The van der Waals surface area contributed by atoms with Crippen molar-refractivity contribution in [1.82, 2.24) is 0 Å². The van der Waals surface area contributed by atoms with Crippen molar-refractivity contribution >= 4 is 37.7 Å². The van der Waals surface area contributed by atoms with E-state index in [1.807, 2.05) is 0 Å². The van der Waals surface area contributed by atoms with Gasteiger partial charge in [0.15, 0.2) is 0 Å². The predicted molar refractivity (Wildman–Crippen MR) is 27.8 cm³/mol. The zero-order valence-electron chi connectivity index (χ0n) is 1.65. The van der Waals surface area contributed by atoms with Crippen LogP contribution in [-0.4, -0.2) is 43.2 Å². The Morgan fingerprint density at radius 1 is 0.800 bits per heavy atom. The molecule has 0 atom stereocenters. The number of rotatable bonds is 0. The van der Waals surface area contributed by atoms with Crippen LogP contribution in [0.15, 0.2) is 0 Å². The summed E-state index contributed by atoms with van der Waals surface area (Å²) in [6.07, 6.45) is 8.00. The van der Waals surface area contributed by atoms with Gasteiger partial charge in [-0.15, -0.1) is 12.8 Å². The van der Waals surface area contributed by atoms with Crippen LogP contribution in [0.2, 0.25) is 0 Å². The van der Waals surface area contributed by atoms with Crippen molar-refractivity contribution in [3.8, 4) is 12.8 Å². The molecule has 0 aromatic carbocycles. The third kappa shape index (κ3) is 68.0. The molecule has 0 spiro atoms. The van der Waals surface area contributed by atoms with E-state index >= 15 is 0 Å². The molecule has 5 heavy (non-hydrogen) atoms. The summed E-state index contributed by atoms with van der Waals surface area (Å²) in [4.78, 5) is 0. The van der Waals surface area contributed by atoms with Crippen molar-refractivity contribution in [2.24, 2.45) is 0 Å². The van der Waals surface area contributed by atoms with E-state index in [0.717, 1.165) is 0 Å². The Morgan fingerprint density at radius 2 is 0.800 bits per heavy atom. The molecule has 1 nitrogen and oxygen atoms in total. The number of hydrogen-bond donors (Lipinski definition) is 0. The van der Waals surface area contributed by atoms with Crippen molar-refractivity contribution in [1.29, 1.82) is 0 Å². The van der Waals surface area contributed by atoms with Crippen molar-refractivity contribution < 1.29 is 5.48 Å². The van der Waals surface area contributed by atoms with Gasteiger partial charge >= 0.3 is 37.7 Å². The first-order valence-electron chi connectivity index (χ1n) is 0.333. The molecule has 0 heterocycles. The Bertz CT molecular complexity index is 12.4. The first kappa shape index (κ1) is 43.2. The summed E-state index contributed by atoms with van der Waals surface area (Å²) in [6.45, 7) is 0. The fraction of sp³-hybridized carbons (Fsp3) is 0. The summed E-state index contributed by atoms with van der Waals surface area (Å²) in [5, 5.41) is 0. The van der Waals surface area contributed by atoms with E-state index in [9.17, 15) is 0 Å². The second kappa shape index (κ2) is 127. The van der Waals surface area contributed by atoms with Gasteiger partial charge in [-0.3, -0.25) is 0 Å². The maximum absolute atomic E-state index is 4.00. The molecule has 0 unspecified atom stereocenters. The second-order valence-electron chi connectivity index (χ2n) is 0. The maximum atomic E-state index is 4.00. The van der Waals surface area contributed by atoms with E-state index in [4.69, 9.17) is 0 Å². The van der Waals surface area contributed by atoms with Crippen LogP contribution in [0, 0.1) is 12.8 Å². The normalized spacial score (nSPS) is 0.400. The van der Waals surface area contributed by atoms with Crippen LogP contribution in [0.4, 0.5) is 0 Å². The zero-order chi connectivity index (χ0) is 2.00. The van der Waals surface area contributed by atoms with E-state index in [1.165, 1.54) is 0 Å². The van der Waals surface area contributed by atoms with Crippen LogP contribution in [0.3, 0.4) is 0 Å². The molecule has 0 aliphatic rings. The Balaban J connectivity index is -0.00000000167. The van der Waals surface area contributed by atoms with Crippen LogP contribution in [0.1, 0.15) is 0 Å². The summed E-state index contributed by atoms with van der Waals surface area (Å²) >= 11 is 0. The summed E-state index contributed by atoms with van der Waals surface area (Å²) in [5.74, 6) is 0. The Hall–Kier alpha value is 0.715. The third-order valence-corrected chi connectivity index (χ3v) is 0. The fourth-order valence-electron chi connectivity index (χ4n) is 0. The molecule has 0 aliphatic carbocycles. The Morgan fingerprint density at radius 3 is 0.800 bits per heavy atom. The first-order valence-corrected chi connectivity index (χ1v) is 0.333. The molecular formula is C2H6Li2O. The Kier molecular flexibility index (Phi) is 1100. The molecule has 0 aromatic rings. The van der Waals surface area contributed by atoms with Crippen molar-refractivity contribution in [3.63, 3.8) is 0 Å². The van der Waals surface area contributed by atoms with E-state index in [2.05, 4.69) is 12.8 Å². The van der Waals surface area contributed by atoms with E-state index in [1.54, 1.807) is 0 Å². The molecule has 0 bridgehead atoms. The quantitative estimate of drug-likeness (QED) is 0.231. The average Bonchev–Trinajstić information content (AvgIpc) is 1.00. The monoisotopic (exact) mass is 60.1 g/mol.